The van der Waals surface area contributed by atoms with E-state index in [1.165, 1.54) is 23.4 Å². The number of aromatic nitrogens is 3. The minimum Gasteiger partial charge on any atom is -0.360 e. The molecule has 1 aromatic heterocycles. The van der Waals surface area contributed by atoms with Gasteiger partial charge in [-0.05, 0) is 50.2 Å². The third kappa shape index (κ3) is 3.23. The summed E-state index contributed by atoms with van der Waals surface area (Å²) in [5, 5.41) is 5.48. The lowest BCUT2D eigenvalue weighted by atomic mass is 10.2. The third-order valence-electron chi connectivity index (χ3n) is 4.97. The highest BCUT2D eigenvalue weighted by Crippen LogP contribution is 2.35. The fourth-order valence-corrected chi connectivity index (χ4v) is 4.08. The van der Waals surface area contributed by atoms with Crippen LogP contribution >= 0.6 is 23.8 Å². The maximum atomic E-state index is 6.11. The average molecular weight is 365 g/mol. The molecule has 0 unspecified atom stereocenters. The van der Waals surface area contributed by atoms with Gasteiger partial charge in [0.1, 0.15) is 5.82 Å². The van der Waals surface area contributed by atoms with Crippen LogP contribution in [0.4, 0.5) is 5.69 Å². The van der Waals surface area contributed by atoms with Crippen molar-refractivity contribution < 1.29 is 4.90 Å². The van der Waals surface area contributed by atoms with Crippen molar-refractivity contribution in [3.8, 4) is 0 Å². The Balaban J connectivity index is 1.40. The van der Waals surface area contributed by atoms with Gasteiger partial charge in [0, 0.05) is 16.8 Å². The van der Waals surface area contributed by atoms with Crippen LogP contribution in [0.15, 0.2) is 24.3 Å². The highest BCUT2D eigenvalue weighted by molar-refractivity contribution is 7.71. The molecule has 1 aromatic carbocycles. The summed E-state index contributed by atoms with van der Waals surface area (Å²) in [5.74, 6) is 1.06. The summed E-state index contributed by atoms with van der Waals surface area (Å²) >= 11 is 11.7. The molecule has 5 nitrogen and oxygen atoms in total. The number of hydrogen-bond donors (Lipinski definition) is 1. The first-order chi connectivity index (χ1) is 11.6. The lowest BCUT2D eigenvalue weighted by Gasteiger charge is -2.33. The van der Waals surface area contributed by atoms with Crippen molar-refractivity contribution in [3.63, 3.8) is 0 Å². The molecule has 7 heteroatoms. The monoisotopic (exact) mass is 364 g/mol. The number of anilines is 1. The Bertz CT molecular complexity index is 787. The standard InChI is InChI=1S/C17H22ClN5S/c1-13-19-22(17(24)23(13)15-5-6-15)12-20-7-9-21(10-8-20)16-4-2-3-14(18)11-16/h2-4,11,15H,5-10,12H2,1H3/p+1. The number of piperazine rings is 1. The molecule has 4 rings (SSSR count). The van der Waals surface area contributed by atoms with E-state index >= 15 is 0 Å². The zero-order chi connectivity index (χ0) is 16.7. The molecule has 1 aliphatic heterocycles. The average Bonchev–Trinajstić information content (AvgIpc) is 3.35. The van der Waals surface area contributed by atoms with E-state index in [0.29, 0.717) is 6.04 Å². The summed E-state index contributed by atoms with van der Waals surface area (Å²) < 4.78 is 5.14. The van der Waals surface area contributed by atoms with Crippen LogP contribution in [0.5, 0.6) is 0 Å². The molecular weight excluding hydrogens is 342 g/mol. The Morgan fingerprint density at radius 1 is 1.29 bits per heavy atom. The number of benzene rings is 1. The molecule has 2 aliphatic rings. The molecule has 128 valence electrons. The second-order valence-corrected chi connectivity index (χ2v) is 7.61. The molecule has 1 aliphatic carbocycles. The maximum Gasteiger partial charge on any atom is 0.203 e. The number of rotatable bonds is 4. The zero-order valence-corrected chi connectivity index (χ0v) is 15.5. The number of halogens is 1. The first kappa shape index (κ1) is 16.1. The quantitative estimate of drug-likeness (QED) is 0.842. The Labute approximate surface area is 152 Å². The number of aryl methyl sites for hydroxylation is 1. The number of hydrogen-bond acceptors (Lipinski definition) is 3. The van der Waals surface area contributed by atoms with Crippen LogP contribution in [0, 0.1) is 11.7 Å². The summed E-state index contributed by atoms with van der Waals surface area (Å²) in [4.78, 5) is 3.94. The van der Waals surface area contributed by atoms with Crippen molar-refractivity contribution in [1.29, 1.82) is 0 Å². The normalized spacial score (nSPS) is 19.0. The summed E-state index contributed by atoms with van der Waals surface area (Å²) in [5.41, 5.74) is 1.21. The first-order valence-electron chi connectivity index (χ1n) is 8.62. The smallest absolute Gasteiger partial charge is 0.203 e. The summed E-state index contributed by atoms with van der Waals surface area (Å²) in [6, 6.07) is 8.72. The molecule has 0 bridgehead atoms. The highest BCUT2D eigenvalue weighted by atomic mass is 35.5. The minimum atomic E-state index is 0.598. The van der Waals surface area contributed by atoms with Crippen molar-refractivity contribution in [1.82, 2.24) is 14.3 Å². The van der Waals surface area contributed by atoms with E-state index in [1.54, 1.807) is 0 Å². The van der Waals surface area contributed by atoms with Crippen molar-refractivity contribution in [3.05, 3.63) is 39.9 Å². The number of quaternary nitrogens is 1. The maximum absolute atomic E-state index is 6.11. The lowest BCUT2D eigenvalue weighted by molar-refractivity contribution is -0.924. The second-order valence-electron chi connectivity index (χ2n) is 6.81. The van der Waals surface area contributed by atoms with Crippen molar-refractivity contribution in [2.75, 3.05) is 31.1 Å². The summed E-state index contributed by atoms with van der Waals surface area (Å²) in [6.45, 7) is 7.17. The van der Waals surface area contributed by atoms with E-state index in [2.05, 4.69) is 27.6 Å². The van der Waals surface area contributed by atoms with Crippen LogP contribution in [0.3, 0.4) is 0 Å². The van der Waals surface area contributed by atoms with E-state index in [4.69, 9.17) is 23.8 Å². The molecule has 1 saturated heterocycles. The van der Waals surface area contributed by atoms with Gasteiger partial charge in [-0.3, -0.25) is 0 Å². The van der Waals surface area contributed by atoms with Crippen LogP contribution in [-0.4, -0.2) is 40.5 Å². The van der Waals surface area contributed by atoms with Crippen LogP contribution < -0.4 is 9.80 Å². The van der Waals surface area contributed by atoms with E-state index in [1.807, 2.05) is 22.9 Å². The Morgan fingerprint density at radius 3 is 2.71 bits per heavy atom. The Morgan fingerprint density at radius 2 is 2.04 bits per heavy atom. The summed E-state index contributed by atoms with van der Waals surface area (Å²) in [7, 11) is 0. The molecule has 0 radical (unpaired) electrons. The lowest BCUT2D eigenvalue weighted by Crippen LogP contribution is -3.14. The Hall–Kier alpha value is -1.37. The van der Waals surface area contributed by atoms with Gasteiger partial charge < -0.3 is 14.4 Å². The van der Waals surface area contributed by atoms with Crippen molar-refractivity contribution >= 4 is 29.5 Å². The van der Waals surface area contributed by atoms with E-state index in [0.717, 1.165) is 48.5 Å². The van der Waals surface area contributed by atoms with Crippen molar-refractivity contribution in [2.45, 2.75) is 32.5 Å². The fourth-order valence-electron chi connectivity index (χ4n) is 3.51. The molecule has 24 heavy (non-hydrogen) atoms. The molecule has 2 aromatic rings. The van der Waals surface area contributed by atoms with Crippen LogP contribution in [0.1, 0.15) is 24.7 Å². The van der Waals surface area contributed by atoms with Gasteiger partial charge in [0.05, 0.1) is 26.2 Å². The van der Waals surface area contributed by atoms with Gasteiger partial charge in [-0.25, -0.2) is 0 Å². The van der Waals surface area contributed by atoms with Crippen molar-refractivity contribution in [2.24, 2.45) is 0 Å². The van der Waals surface area contributed by atoms with Gasteiger partial charge in [-0.2, -0.15) is 9.78 Å². The van der Waals surface area contributed by atoms with Gasteiger partial charge in [-0.15, -0.1) is 0 Å². The zero-order valence-electron chi connectivity index (χ0n) is 13.9. The third-order valence-corrected chi connectivity index (χ3v) is 5.61. The van der Waals surface area contributed by atoms with E-state index in [9.17, 15) is 0 Å². The van der Waals surface area contributed by atoms with Gasteiger partial charge in [0.15, 0.2) is 6.67 Å². The van der Waals surface area contributed by atoms with Gasteiger partial charge in [-0.1, -0.05) is 17.7 Å². The van der Waals surface area contributed by atoms with Gasteiger partial charge in [0.2, 0.25) is 4.77 Å². The minimum absolute atomic E-state index is 0.598. The van der Waals surface area contributed by atoms with Crippen LogP contribution in [0.25, 0.3) is 0 Å². The first-order valence-corrected chi connectivity index (χ1v) is 9.40. The summed E-state index contributed by atoms with van der Waals surface area (Å²) in [6.07, 6.45) is 2.48. The van der Waals surface area contributed by atoms with Crippen LogP contribution in [0.2, 0.25) is 5.02 Å². The molecule has 0 spiro atoms. The molecule has 1 saturated carbocycles. The fraction of sp³-hybridized carbons (Fsp3) is 0.529. The van der Waals surface area contributed by atoms with E-state index in [-0.39, 0.29) is 0 Å². The molecule has 1 N–H and O–H groups in total. The predicted octanol–water partition coefficient (Wildman–Crippen LogP) is 2.07. The number of nitrogens with one attached hydrogen (secondary N) is 1. The highest BCUT2D eigenvalue weighted by Gasteiger charge is 2.28. The molecule has 2 heterocycles. The molecule has 0 atom stereocenters. The Kier molecular flexibility index (Phi) is 4.37. The number of nitrogens with zero attached hydrogens (tertiary/aromatic N) is 4. The predicted molar refractivity (Wildman–Crippen MR) is 98.4 cm³/mol. The van der Waals surface area contributed by atoms with Gasteiger partial charge in [0.25, 0.3) is 0 Å². The molecule has 2 fully saturated rings. The molecule has 0 amide bonds. The second kappa shape index (κ2) is 6.50. The van der Waals surface area contributed by atoms with E-state index < -0.39 is 0 Å². The topological polar surface area (TPSA) is 30.4 Å². The van der Waals surface area contributed by atoms with Gasteiger partial charge >= 0.3 is 0 Å². The largest absolute Gasteiger partial charge is 0.360 e. The molecular formula is C17H23ClN5S+. The SMILES string of the molecule is Cc1nn(C[NH+]2CCN(c3cccc(Cl)c3)CC2)c(=S)n1C1CC1. The van der Waals surface area contributed by atoms with Crippen LogP contribution in [-0.2, 0) is 6.67 Å².